The Balaban J connectivity index is 2.69. The number of rotatable bonds is 4. The Kier molecular flexibility index (Phi) is 3.76. The van der Waals surface area contributed by atoms with Gasteiger partial charge in [-0.05, 0) is 6.07 Å². The summed E-state index contributed by atoms with van der Waals surface area (Å²) < 4.78 is 5.18. The molecule has 0 aliphatic carbocycles. The average Bonchev–Trinajstić information content (AvgIpc) is 2.15. The molecule has 0 saturated heterocycles. The zero-order valence-corrected chi connectivity index (χ0v) is 8.58. The second kappa shape index (κ2) is 4.87. The van der Waals surface area contributed by atoms with Crippen molar-refractivity contribution in [3.05, 3.63) is 29.8 Å². The molecule has 0 radical (unpaired) electrons. The fourth-order valence-electron chi connectivity index (χ4n) is 0.904. The van der Waals surface area contributed by atoms with Gasteiger partial charge in [-0.15, -0.1) is 0 Å². The van der Waals surface area contributed by atoms with Gasteiger partial charge in [-0.25, -0.2) is 0 Å². The first-order valence-corrected chi connectivity index (χ1v) is 4.91. The summed E-state index contributed by atoms with van der Waals surface area (Å²) >= 11 is 3.32. The number of halogens is 1. The topological polar surface area (TPSA) is 52.3 Å². The van der Waals surface area contributed by atoms with Crippen molar-refractivity contribution in [3.8, 4) is 5.75 Å². The first-order valence-electron chi connectivity index (χ1n) is 3.79. The molecule has 0 atom stereocenters. The van der Waals surface area contributed by atoms with Gasteiger partial charge in [0.25, 0.3) is 5.91 Å². The Morgan fingerprint density at radius 2 is 2.15 bits per heavy atom. The first kappa shape index (κ1) is 10.1. The fraction of sp³-hybridized carbons (Fsp3) is 0.222. The first-order chi connectivity index (χ1) is 6.24. The molecule has 13 heavy (non-hydrogen) atoms. The largest absolute Gasteiger partial charge is 0.483 e. The van der Waals surface area contributed by atoms with Gasteiger partial charge in [-0.1, -0.05) is 34.1 Å². The van der Waals surface area contributed by atoms with Crippen LogP contribution in [0, 0.1) is 0 Å². The molecule has 0 spiro atoms. The van der Waals surface area contributed by atoms with E-state index in [-0.39, 0.29) is 6.61 Å². The molecule has 1 rings (SSSR count). The van der Waals surface area contributed by atoms with Crippen LogP contribution in [0.3, 0.4) is 0 Å². The van der Waals surface area contributed by atoms with Gasteiger partial charge in [0.05, 0.1) is 0 Å². The molecule has 1 aromatic carbocycles. The standard InChI is InChI=1S/C9H10BrNO2/c10-5-7-3-1-2-4-8(7)13-6-9(11)12/h1-4H,5-6H2,(H2,11,12). The summed E-state index contributed by atoms with van der Waals surface area (Å²) in [7, 11) is 0. The molecule has 0 fully saturated rings. The normalized spacial score (nSPS) is 9.62. The number of carbonyl (C=O) groups is 1. The summed E-state index contributed by atoms with van der Waals surface area (Å²) in [5, 5.41) is 0.696. The Morgan fingerprint density at radius 1 is 1.46 bits per heavy atom. The van der Waals surface area contributed by atoms with E-state index in [0.717, 1.165) is 5.56 Å². The maximum absolute atomic E-state index is 10.5. The summed E-state index contributed by atoms with van der Waals surface area (Å²) in [5.74, 6) is 0.225. The summed E-state index contributed by atoms with van der Waals surface area (Å²) in [6.45, 7) is -0.0794. The van der Waals surface area contributed by atoms with Crippen molar-refractivity contribution in [1.29, 1.82) is 0 Å². The van der Waals surface area contributed by atoms with E-state index in [1.165, 1.54) is 0 Å². The highest BCUT2D eigenvalue weighted by atomic mass is 79.9. The molecule has 0 heterocycles. The average molecular weight is 244 g/mol. The van der Waals surface area contributed by atoms with E-state index in [0.29, 0.717) is 11.1 Å². The summed E-state index contributed by atoms with van der Waals surface area (Å²) in [4.78, 5) is 10.5. The van der Waals surface area contributed by atoms with E-state index in [1.54, 1.807) is 6.07 Å². The predicted molar refractivity (Wildman–Crippen MR) is 53.8 cm³/mol. The summed E-state index contributed by atoms with van der Waals surface area (Å²) in [5.41, 5.74) is 5.96. The SMILES string of the molecule is NC(=O)COc1ccccc1CBr. The minimum absolute atomic E-state index is 0.0794. The lowest BCUT2D eigenvalue weighted by atomic mass is 10.2. The number of carbonyl (C=O) groups excluding carboxylic acids is 1. The van der Waals surface area contributed by atoms with Crippen LogP contribution >= 0.6 is 15.9 Å². The molecule has 1 amide bonds. The van der Waals surface area contributed by atoms with E-state index in [4.69, 9.17) is 10.5 Å². The Labute approximate surface area is 85.0 Å². The van der Waals surface area contributed by atoms with Crippen LogP contribution in [-0.2, 0) is 10.1 Å². The van der Waals surface area contributed by atoms with Crippen molar-refractivity contribution in [2.24, 2.45) is 5.73 Å². The molecule has 3 nitrogen and oxygen atoms in total. The number of alkyl halides is 1. The minimum Gasteiger partial charge on any atom is -0.483 e. The molecular weight excluding hydrogens is 234 g/mol. The summed E-state index contributed by atoms with van der Waals surface area (Å²) in [6, 6.07) is 7.49. The molecule has 0 aliphatic rings. The number of hydrogen-bond acceptors (Lipinski definition) is 2. The lowest BCUT2D eigenvalue weighted by Gasteiger charge is -2.07. The molecule has 4 heteroatoms. The van der Waals surface area contributed by atoms with Crippen LogP contribution in [0.15, 0.2) is 24.3 Å². The molecule has 70 valence electrons. The van der Waals surface area contributed by atoms with Gasteiger partial charge in [0.2, 0.25) is 0 Å². The zero-order chi connectivity index (χ0) is 9.68. The van der Waals surface area contributed by atoms with E-state index >= 15 is 0 Å². The van der Waals surface area contributed by atoms with Crippen LogP contribution in [0.5, 0.6) is 5.75 Å². The van der Waals surface area contributed by atoms with Crippen LogP contribution < -0.4 is 10.5 Å². The minimum atomic E-state index is -0.468. The molecule has 1 aromatic rings. The monoisotopic (exact) mass is 243 g/mol. The van der Waals surface area contributed by atoms with Gasteiger partial charge in [-0.3, -0.25) is 4.79 Å². The van der Waals surface area contributed by atoms with Crippen molar-refractivity contribution in [3.63, 3.8) is 0 Å². The van der Waals surface area contributed by atoms with Crippen LogP contribution in [0.2, 0.25) is 0 Å². The predicted octanol–water partition coefficient (Wildman–Crippen LogP) is 1.45. The molecule has 0 aliphatic heterocycles. The lowest BCUT2D eigenvalue weighted by Crippen LogP contribution is -2.20. The van der Waals surface area contributed by atoms with E-state index in [2.05, 4.69) is 15.9 Å². The number of amides is 1. The highest BCUT2D eigenvalue weighted by molar-refractivity contribution is 9.08. The fourth-order valence-corrected chi connectivity index (χ4v) is 1.37. The quantitative estimate of drug-likeness (QED) is 0.815. The number of para-hydroxylation sites is 1. The van der Waals surface area contributed by atoms with Crippen molar-refractivity contribution >= 4 is 21.8 Å². The molecule has 0 unspecified atom stereocenters. The third-order valence-corrected chi connectivity index (χ3v) is 2.09. The lowest BCUT2D eigenvalue weighted by molar-refractivity contribution is -0.119. The third kappa shape index (κ3) is 3.06. The van der Waals surface area contributed by atoms with Crippen molar-refractivity contribution in [1.82, 2.24) is 0 Å². The van der Waals surface area contributed by atoms with Gasteiger partial charge < -0.3 is 10.5 Å². The van der Waals surface area contributed by atoms with Gasteiger partial charge in [0.15, 0.2) is 6.61 Å². The molecule has 2 N–H and O–H groups in total. The van der Waals surface area contributed by atoms with Crippen LogP contribution in [0.4, 0.5) is 0 Å². The smallest absolute Gasteiger partial charge is 0.255 e. The van der Waals surface area contributed by atoms with Crippen LogP contribution in [-0.4, -0.2) is 12.5 Å². The third-order valence-electron chi connectivity index (χ3n) is 1.49. The zero-order valence-electron chi connectivity index (χ0n) is 7.00. The highest BCUT2D eigenvalue weighted by Crippen LogP contribution is 2.19. The Bertz CT molecular complexity index is 301. The van der Waals surface area contributed by atoms with Gasteiger partial charge in [-0.2, -0.15) is 0 Å². The summed E-state index contributed by atoms with van der Waals surface area (Å²) in [6.07, 6.45) is 0. The van der Waals surface area contributed by atoms with Gasteiger partial charge in [0, 0.05) is 10.9 Å². The molecule has 0 bridgehead atoms. The van der Waals surface area contributed by atoms with Crippen LogP contribution in [0.1, 0.15) is 5.56 Å². The molecule has 0 saturated carbocycles. The molecular formula is C9H10BrNO2. The number of nitrogens with two attached hydrogens (primary N) is 1. The van der Waals surface area contributed by atoms with Crippen molar-refractivity contribution in [2.75, 3.05) is 6.61 Å². The second-order valence-corrected chi connectivity index (χ2v) is 3.06. The Hall–Kier alpha value is -1.03. The number of primary amides is 1. The highest BCUT2D eigenvalue weighted by Gasteiger charge is 2.02. The Morgan fingerprint density at radius 3 is 2.77 bits per heavy atom. The maximum atomic E-state index is 10.5. The van der Waals surface area contributed by atoms with E-state index < -0.39 is 5.91 Å². The van der Waals surface area contributed by atoms with E-state index in [1.807, 2.05) is 18.2 Å². The van der Waals surface area contributed by atoms with Crippen LogP contribution in [0.25, 0.3) is 0 Å². The van der Waals surface area contributed by atoms with Crippen molar-refractivity contribution in [2.45, 2.75) is 5.33 Å². The molecule has 0 aromatic heterocycles. The maximum Gasteiger partial charge on any atom is 0.255 e. The van der Waals surface area contributed by atoms with Crippen molar-refractivity contribution < 1.29 is 9.53 Å². The number of hydrogen-bond donors (Lipinski definition) is 1. The number of ether oxygens (including phenoxy) is 1. The second-order valence-electron chi connectivity index (χ2n) is 2.50. The van der Waals surface area contributed by atoms with Gasteiger partial charge in [0.1, 0.15) is 5.75 Å². The van der Waals surface area contributed by atoms with Gasteiger partial charge >= 0.3 is 0 Å². The van der Waals surface area contributed by atoms with E-state index in [9.17, 15) is 4.79 Å². The number of benzene rings is 1.